The Hall–Kier alpha value is -3.35. The van der Waals surface area contributed by atoms with Gasteiger partial charge in [0.15, 0.2) is 0 Å². The molecule has 16 heteroatoms. The van der Waals surface area contributed by atoms with Crippen LogP contribution in [-0.4, -0.2) is 56.2 Å². The van der Waals surface area contributed by atoms with Gasteiger partial charge in [0.05, 0.1) is 16.3 Å². The number of thiol groups is 1. The summed E-state index contributed by atoms with van der Waals surface area (Å²) in [7, 11) is -2.75. The zero-order chi connectivity index (χ0) is 26.2. The Balaban J connectivity index is 1.99. The molecule has 1 atom stereocenters. The SMILES string of the molecule is CN=[SH]1(O)CC(C)(c2nc(NC(=O)c3ncc(C#N)cc3Cl)ccc2F)N=C(N)N1CC(F)(F)F. The molecule has 1 amide bonds. The van der Waals surface area contributed by atoms with Gasteiger partial charge in [-0.15, -0.1) is 0 Å². The van der Waals surface area contributed by atoms with Gasteiger partial charge in [-0.3, -0.25) is 9.10 Å². The largest absolute Gasteiger partial charge is 0.407 e. The van der Waals surface area contributed by atoms with Crippen molar-refractivity contribution in [3.63, 3.8) is 0 Å². The molecule has 0 aromatic carbocycles. The Bertz CT molecular complexity index is 1310. The molecule has 1 unspecified atom stereocenters. The molecule has 0 radical (unpaired) electrons. The van der Waals surface area contributed by atoms with Crippen LogP contribution in [0.1, 0.15) is 28.7 Å². The summed E-state index contributed by atoms with van der Waals surface area (Å²) in [5.74, 6) is -3.07. The van der Waals surface area contributed by atoms with Crippen molar-refractivity contribution in [3.05, 3.63) is 52.2 Å². The van der Waals surface area contributed by atoms with E-state index in [1.54, 1.807) is 0 Å². The number of nitrogens with zero attached hydrogens (tertiary/aromatic N) is 6. The highest BCUT2D eigenvalue weighted by molar-refractivity contribution is 7.98. The highest BCUT2D eigenvalue weighted by Gasteiger charge is 2.45. The number of hydrogen-bond acceptors (Lipinski definition) is 7. The van der Waals surface area contributed by atoms with Gasteiger partial charge in [0.2, 0.25) is 5.96 Å². The number of pyridine rings is 2. The Kier molecular flexibility index (Phi) is 7.02. The van der Waals surface area contributed by atoms with Gasteiger partial charge < -0.3 is 15.6 Å². The summed E-state index contributed by atoms with van der Waals surface area (Å²) >= 11 is 5.99. The minimum Gasteiger partial charge on any atom is -0.369 e. The maximum Gasteiger partial charge on any atom is 0.407 e. The van der Waals surface area contributed by atoms with Gasteiger partial charge in [-0.25, -0.2) is 23.7 Å². The summed E-state index contributed by atoms with van der Waals surface area (Å²) in [6, 6.07) is 5.15. The van der Waals surface area contributed by atoms with Gasteiger partial charge in [-0.05, 0) is 35.4 Å². The first-order chi connectivity index (χ1) is 16.2. The quantitative estimate of drug-likeness (QED) is 0.347. The number of carbonyl (C=O) groups excluding carboxylic acids is 1. The van der Waals surface area contributed by atoms with E-state index in [1.165, 1.54) is 13.0 Å². The summed E-state index contributed by atoms with van der Waals surface area (Å²) < 4.78 is 69.1. The number of rotatable bonds is 4. The summed E-state index contributed by atoms with van der Waals surface area (Å²) in [5, 5.41) is 11.2. The van der Waals surface area contributed by atoms with E-state index in [0.29, 0.717) is 4.31 Å². The first kappa shape index (κ1) is 26.3. The summed E-state index contributed by atoms with van der Waals surface area (Å²) in [5.41, 5.74) is 3.57. The van der Waals surface area contributed by atoms with Crippen LogP contribution < -0.4 is 11.1 Å². The van der Waals surface area contributed by atoms with Crippen LogP contribution >= 0.6 is 11.6 Å². The van der Waals surface area contributed by atoms with Crippen molar-refractivity contribution in [2.75, 3.05) is 24.7 Å². The van der Waals surface area contributed by atoms with Crippen LogP contribution in [0.5, 0.6) is 0 Å². The topological polar surface area (TPSA) is 153 Å². The molecular formula is C19H19ClF4N8O2S. The summed E-state index contributed by atoms with van der Waals surface area (Å²) in [6.45, 7) is -0.263. The number of nitriles is 1. The lowest BCUT2D eigenvalue weighted by atomic mass is 10.00. The molecule has 2 aromatic rings. The highest BCUT2D eigenvalue weighted by atomic mass is 35.5. The van der Waals surface area contributed by atoms with Gasteiger partial charge in [0.1, 0.15) is 41.2 Å². The minimum absolute atomic E-state index is 0.107. The fourth-order valence-corrected chi connectivity index (χ4v) is 6.00. The monoisotopic (exact) mass is 534 g/mol. The van der Waals surface area contributed by atoms with E-state index in [-0.39, 0.29) is 27.8 Å². The lowest BCUT2D eigenvalue weighted by Gasteiger charge is -2.46. The minimum atomic E-state index is -4.71. The fourth-order valence-electron chi connectivity index (χ4n) is 3.41. The second-order valence-electron chi connectivity index (χ2n) is 7.61. The third kappa shape index (κ3) is 5.50. The molecule has 188 valence electrons. The number of carbonyl (C=O) groups is 1. The van der Waals surface area contributed by atoms with E-state index < -0.39 is 52.0 Å². The van der Waals surface area contributed by atoms with Gasteiger partial charge in [0.25, 0.3) is 5.91 Å². The fraction of sp³-hybridized carbons (Fsp3) is 0.316. The lowest BCUT2D eigenvalue weighted by Crippen LogP contribution is -2.58. The van der Waals surface area contributed by atoms with Crippen molar-refractivity contribution in [2.45, 2.75) is 18.6 Å². The molecule has 0 spiro atoms. The molecule has 35 heavy (non-hydrogen) atoms. The number of aliphatic imine (C=N–C) groups is 1. The number of guanidine groups is 1. The van der Waals surface area contributed by atoms with Crippen LogP contribution in [-0.2, 0) is 15.8 Å². The van der Waals surface area contributed by atoms with Gasteiger partial charge in [-0.2, -0.15) is 18.4 Å². The Morgan fingerprint density at radius 1 is 1.49 bits per heavy atom. The third-order valence-electron chi connectivity index (χ3n) is 4.96. The van der Waals surface area contributed by atoms with E-state index in [4.69, 9.17) is 22.6 Å². The van der Waals surface area contributed by atoms with Crippen LogP contribution in [0.2, 0.25) is 5.02 Å². The predicted octanol–water partition coefficient (Wildman–Crippen LogP) is 2.89. The van der Waals surface area contributed by atoms with Crippen LogP contribution in [0.15, 0.2) is 33.8 Å². The average Bonchev–Trinajstić information content (AvgIpc) is 2.76. The molecule has 1 aliphatic rings. The van der Waals surface area contributed by atoms with Crippen LogP contribution in [0.4, 0.5) is 23.4 Å². The normalized spacial score (nSPS) is 20.4. The molecule has 0 saturated heterocycles. The number of aromatic nitrogens is 2. The molecular weight excluding hydrogens is 516 g/mol. The van der Waals surface area contributed by atoms with E-state index in [9.17, 15) is 26.9 Å². The summed E-state index contributed by atoms with van der Waals surface area (Å²) in [4.78, 5) is 24.5. The molecule has 1 aliphatic heterocycles. The smallest absolute Gasteiger partial charge is 0.369 e. The Labute approximate surface area is 202 Å². The molecule has 4 N–H and O–H groups in total. The van der Waals surface area contributed by atoms with Crippen molar-refractivity contribution in [1.29, 1.82) is 5.26 Å². The average molecular weight is 535 g/mol. The highest BCUT2D eigenvalue weighted by Crippen LogP contribution is 2.37. The molecule has 0 bridgehead atoms. The Morgan fingerprint density at radius 2 is 2.17 bits per heavy atom. The van der Waals surface area contributed by atoms with E-state index >= 15 is 0 Å². The van der Waals surface area contributed by atoms with Gasteiger partial charge in [-0.1, -0.05) is 11.6 Å². The van der Waals surface area contributed by atoms with Crippen molar-refractivity contribution in [2.24, 2.45) is 15.1 Å². The molecule has 10 nitrogen and oxygen atoms in total. The summed E-state index contributed by atoms with van der Waals surface area (Å²) in [6.07, 6.45) is -3.57. The zero-order valence-electron chi connectivity index (χ0n) is 18.2. The van der Waals surface area contributed by atoms with E-state index in [2.05, 4.69) is 24.6 Å². The molecule has 3 heterocycles. The number of halogens is 5. The number of nitrogens with one attached hydrogen (secondary N) is 1. The van der Waals surface area contributed by atoms with Gasteiger partial charge in [0, 0.05) is 13.2 Å². The standard InChI is InChI=1S/C19H19ClF4N8O2S/c1-18(9-35(34,27-2)32(17(26)31-18)8-19(22,23)24)15-12(21)3-4-13(29-15)30-16(33)14-11(20)5-10(6-25)7-28-14/h3-5,7,35H,8-9H2,1-2H3,(H2,26,31)(H,27,34)(H,29,30,33). The molecule has 2 aromatic heterocycles. The lowest BCUT2D eigenvalue weighted by molar-refractivity contribution is -0.131. The Morgan fingerprint density at radius 3 is 2.74 bits per heavy atom. The first-order valence-corrected chi connectivity index (χ1v) is 11.9. The van der Waals surface area contributed by atoms with Crippen molar-refractivity contribution < 1.29 is 26.9 Å². The van der Waals surface area contributed by atoms with Crippen molar-refractivity contribution in [3.8, 4) is 6.07 Å². The maximum atomic E-state index is 14.8. The first-order valence-electron chi connectivity index (χ1n) is 9.67. The molecule has 0 saturated carbocycles. The van der Waals surface area contributed by atoms with Crippen LogP contribution in [0.25, 0.3) is 0 Å². The van der Waals surface area contributed by atoms with Crippen molar-refractivity contribution >= 4 is 39.6 Å². The number of hydrogen-bond donors (Lipinski definition) is 4. The number of alkyl halides is 3. The van der Waals surface area contributed by atoms with E-state index in [1.807, 2.05) is 6.07 Å². The zero-order valence-corrected chi connectivity index (χ0v) is 19.8. The molecule has 0 aliphatic carbocycles. The molecule has 3 rings (SSSR count). The van der Waals surface area contributed by atoms with Crippen LogP contribution in [0, 0.1) is 17.1 Å². The number of amides is 1. The third-order valence-corrected chi connectivity index (χ3v) is 8.05. The van der Waals surface area contributed by atoms with Crippen LogP contribution in [0.3, 0.4) is 0 Å². The maximum absolute atomic E-state index is 14.8. The second-order valence-corrected chi connectivity index (χ2v) is 10.6. The number of nitrogens with two attached hydrogens (primary N) is 1. The number of anilines is 1. The predicted molar refractivity (Wildman–Crippen MR) is 122 cm³/mol. The molecule has 0 fully saturated rings. The van der Waals surface area contributed by atoms with Gasteiger partial charge >= 0.3 is 6.18 Å². The second kappa shape index (κ2) is 9.36. The van der Waals surface area contributed by atoms with E-state index in [0.717, 1.165) is 25.4 Å². The van der Waals surface area contributed by atoms with Crippen molar-refractivity contribution in [1.82, 2.24) is 14.3 Å².